The van der Waals surface area contributed by atoms with Crippen molar-refractivity contribution in [2.75, 3.05) is 19.8 Å². The minimum absolute atomic E-state index is 0.394. The number of benzene rings is 1. The van der Waals surface area contributed by atoms with Crippen LogP contribution < -0.4 is 9.47 Å². The summed E-state index contributed by atoms with van der Waals surface area (Å²) in [5, 5.41) is 12.3. The highest BCUT2D eigenvalue weighted by atomic mass is 16.6. The number of fused-ring (bicyclic) bond motifs is 1. The first-order valence-electron chi connectivity index (χ1n) is 8.79. The Balaban J connectivity index is 1.38. The van der Waals surface area contributed by atoms with Gasteiger partial charge < -0.3 is 9.47 Å². The molecule has 5 rings (SSSR count). The van der Waals surface area contributed by atoms with E-state index in [4.69, 9.17) is 9.47 Å². The second kappa shape index (κ2) is 5.73. The second-order valence-corrected chi connectivity index (χ2v) is 6.80. The van der Waals surface area contributed by atoms with E-state index in [2.05, 4.69) is 32.6 Å². The fraction of sp³-hybridized carbons (Fsp3) is 0.588. The van der Waals surface area contributed by atoms with Crippen LogP contribution in [0.5, 0.6) is 11.5 Å². The van der Waals surface area contributed by atoms with Gasteiger partial charge in [0.1, 0.15) is 13.2 Å². The minimum atomic E-state index is 0.394. The maximum atomic E-state index is 5.74. The van der Waals surface area contributed by atoms with Crippen molar-refractivity contribution in [3.8, 4) is 11.5 Å². The number of tetrazole rings is 1. The molecule has 0 amide bonds. The van der Waals surface area contributed by atoms with Crippen LogP contribution in [-0.4, -0.2) is 44.9 Å². The molecule has 0 spiro atoms. The third-order valence-corrected chi connectivity index (χ3v) is 5.11. The molecule has 1 saturated heterocycles. The van der Waals surface area contributed by atoms with Gasteiger partial charge in [0.05, 0.1) is 12.6 Å². The summed E-state index contributed by atoms with van der Waals surface area (Å²) in [5.74, 6) is 2.71. The molecular weight excluding hydrogens is 306 g/mol. The third kappa shape index (κ3) is 2.53. The fourth-order valence-corrected chi connectivity index (χ4v) is 3.76. The van der Waals surface area contributed by atoms with Crippen LogP contribution in [0.2, 0.25) is 0 Å². The van der Waals surface area contributed by atoms with Crippen LogP contribution in [-0.2, 0) is 6.54 Å². The molecule has 1 saturated carbocycles. The van der Waals surface area contributed by atoms with Gasteiger partial charge in [-0.1, -0.05) is 6.07 Å². The molecule has 3 heterocycles. The first kappa shape index (κ1) is 14.2. The Labute approximate surface area is 140 Å². The van der Waals surface area contributed by atoms with Gasteiger partial charge in [-0.05, 0) is 60.4 Å². The number of ether oxygens (including phenoxy) is 2. The van der Waals surface area contributed by atoms with E-state index in [1.807, 2.05) is 10.7 Å². The number of hydrogen-bond acceptors (Lipinski definition) is 6. The van der Waals surface area contributed by atoms with Crippen molar-refractivity contribution in [2.24, 2.45) is 0 Å². The van der Waals surface area contributed by atoms with Crippen molar-refractivity contribution in [1.29, 1.82) is 0 Å². The number of nitrogens with zero attached hydrogens (tertiary/aromatic N) is 5. The number of aromatic nitrogens is 4. The van der Waals surface area contributed by atoms with Crippen LogP contribution in [0.3, 0.4) is 0 Å². The SMILES string of the molecule is c1cc2c(cc1[C@H]1CCCN1Cc1nnnn1C1CC1)OCCO2. The Morgan fingerprint density at radius 2 is 1.96 bits per heavy atom. The van der Waals surface area contributed by atoms with Crippen molar-refractivity contribution in [3.63, 3.8) is 0 Å². The van der Waals surface area contributed by atoms with E-state index in [-0.39, 0.29) is 0 Å². The zero-order chi connectivity index (χ0) is 15.9. The summed E-state index contributed by atoms with van der Waals surface area (Å²) in [4.78, 5) is 2.48. The molecule has 24 heavy (non-hydrogen) atoms. The molecule has 0 unspecified atom stereocenters. The van der Waals surface area contributed by atoms with Crippen LogP contribution in [0.4, 0.5) is 0 Å². The molecule has 0 N–H and O–H groups in total. The Bertz CT molecular complexity index is 742. The lowest BCUT2D eigenvalue weighted by atomic mass is 10.0. The predicted molar refractivity (Wildman–Crippen MR) is 85.9 cm³/mol. The van der Waals surface area contributed by atoms with Crippen LogP contribution in [0.1, 0.15) is 49.2 Å². The molecule has 0 radical (unpaired) electrons. The first-order valence-corrected chi connectivity index (χ1v) is 8.79. The Hall–Kier alpha value is -2.15. The zero-order valence-electron chi connectivity index (χ0n) is 13.6. The highest BCUT2D eigenvalue weighted by Gasteiger charge is 2.32. The van der Waals surface area contributed by atoms with Crippen LogP contribution in [0.25, 0.3) is 0 Å². The van der Waals surface area contributed by atoms with Gasteiger partial charge >= 0.3 is 0 Å². The van der Waals surface area contributed by atoms with E-state index in [1.54, 1.807) is 0 Å². The summed E-state index contributed by atoms with van der Waals surface area (Å²) in [6.45, 7) is 3.14. The normalized spacial score (nSPS) is 23.6. The molecule has 126 valence electrons. The zero-order valence-corrected chi connectivity index (χ0v) is 13.6. The first-order chi connectivity index (χ1) is 11.9. The minimum Gasteiger partial charge on any atom is -0.486 e. The van der Waals surface area contributed by atoms with E-state index in [1.165, 1.54) is 24.8 Å². The predicted octanol–water partition coefficient (Wildman–Crippen LogP) is 2.12. The van der Waals surface area contributed by atoms with E-state index < -0.39 is 0 Å². The Kier molecular flexibility index (Phi) is 3.40. The number of hydrogen-bond donors (Lipinski definition) is 0. The summed E-state index contributed by atoms with van der Waals surface area (Å²) < 4.78 is 13.4. The van der Waals surface area contributed by atoms with Crippen LogP contribution in [0.15, 0.2) is 18.2 Å². The van der Waals surface area contributed by atoms with Crippen molar-refractivity contribution in [2.45, 2.75) is 44.3 Å². The largest absolute Gasteiger partial charge is 0.486 e. The highest BCUT2D eigenvalue weighted by molar-refractivity contribution is 5.44. The lowest BCUT2D eigenvalue weighted by molar-refractivity contribution is 0.170. The van der Waals surface area contributed by atoms with Gasteiger partial charge in [-0.2, -0.15) is 0 Å². The van der Waals surface area contributed by atoms with E-state index in [0.29, 0.717) is 25.3 Å². The lowest BCUT2D eigenvalue weighted by Crippen LogP contribution is -2.25. The quantitative estimate of drug-likeness (QED) is 0.857. The van der Waals surface area contributed by atoms with E-state index in [9.17, 15) is 0 Å². The molecule has 1 aliphatic carbocycles. The van der Waals surface area contributed by atoms with Gasteiger partial charge in [-0.25, -0.2) is 4.68 Å². The molecule has 7 heteroatoms. The maximum Gasteiger partial charge on any atom is 0.165 e. The monoisotopic (exact) mass is 327 g/mol. The Morgan fingerprint density at radius 3 is 2.83 bits per heavy atom. The lowest BCUT2D eigenvalue weighted by Gasteiger charge is -2.26. The number of likely N-dealkylation sites (tertiary alicyclic amines) is 1. The van der Waals surface area contributed by atoms with E-state index >= 15 is 0 Å². The van der Waals surface area contributed by atoms with Gasteiger partial charge in [-0.3, -0.25) is 4.90 Å². The molecule has 1 aromatic heterocycles. The van der Waals surface area contributed by atoms with Crippen LogP contribution >= 0.6 is 0 Å². The second-order valence-electron chi connectivity index (χ2n) is 6.80. The average Bonchev–Trinajstić information content (AvgIpc) is 3.18. The van der Waals surface area contributed by atoms with Gasteiger partial charge in [0.2, 0.25) is 0 Å². The van der Waals surface area contributed by atoms with Gasteiger partial charge in [0.25, 0.3) is 0 Å². The molecule has 1 aromatic carbocycles. The molecule has 2 aliphatic heterocycles. The molecular formula is C17H21N5O2. The summed E-state index contributed by atoms with van der Waals surface area (Å²) in [6, 6.07) is 7.26. The summed E-state index contributed by atoms with van der Waals surface area (Å²) >= 11 is 0. The summed E-state index contributed by atoms with van der Waals surface area (Å²) in [5.41, 5.74) is 1.29. The fourth-order valence-electron chi connectivity index (χ4n) is 3.76. The van der Waals surface area contributed by atoms with Gasteiger partial charge in [-0.15, -0.1) is 5.10 Å². The highest BCUT2D eigenvalue weighted by Crippen LogP contribution is 2.39. The molecule has 2 fully saturated rings. The van der Waals surface area contributed by atoms with Crippen molar-refractivity contribution in [3.05, 3.63) is 29.6 Å². The molecule has 2 aromatic rings. The van der Waals surface area contributed by atoms with Crippen molar-refractivity contribution in [1.82, 2.24) is 25.1 Å². The van der Waals surface area contributed by atoms with Gasteiger partial charge in [0.15, 0.2) is 17.3 Å². The molecule has 0 bridgehead atoms. The summed E-state index contributed by atoms with van der Waals surface area (Å²) in [7, 11) is 0. The summed E-state index contributed by atoms with van der Waals surface area (Å²) in [6.07, 6.45) is 4.75. The Morgan fingerprint density at radius 1 is 1.08 bits per heavy atom. The number of rotatable bonds is 4. The topological polar surface area (TPSA) is 65.3 Å². The molecule has 1 atom stereocenters. The van der Waals surface area contributed by atoms with E-state index in [0.717, 1.165) is 36.8 Å². The standard InChI is InChI=1S/C17H21N5O2/c1-2-14(12-3-6-15-16(10-12)24-9-8-23-15)21(7-1)11-17-18-19-20-22(17)13-4-5-13/h3,6,10,13-14H,1-2,4-5,7-9,11H2/t14-/m1/s1. The van der Waals surface area contributed by atoms with Crippen LogP contribution in [0, 0.1) is 0 Å². The third-order valence-electron chi connectivity index (χ3n) is 5.11. The van der Waals surface area contributed by atoms with Crippen molar-refractivity contribution >= 4 is 0 Å². The van der Waals surface area contributed by atoms with Crippen molar-refractivity contribution < 1.29 is 9.47 Å². The smallest absolute Gasteiger partial charge is 0.165 e. The molecule has 7 nitrogen and oxygen atoms in total. The van der Waals surface area contributed by atoms with Gasteiger partial charge in [0, 0.05) is 6.04 Å². The maximum absolute atomic E-state index is 5.74. The molecule has 3 aliphatic rings. The average molecular weight is 327 g/mol.